The van der Waals surface area contributed by atoms with E-state index in [-0.39, 0.29) is 36.5 Å². The first kappa shape index (κ1) is 17.6. The number of hydrogen-bond acceptors (Lipinski definition) is 3. The lowest BCUT2D eigenvalue weighted by atomic mass is 10.1. The highest BCUT2D eigenvalue weighted by Crippen LogP contribution is 2.19. The van der Waals surface area contributed by atoms with Gasteiger partial charge in [0, 0.05) is 13.0 Å². The Morgan fingerprint density at radius 2 is 1.95 bits per heavy atom. The number of halogens is 3. The van der Waals surface area contributed by atoms with Crippen LogP contribution in [-0.4, -0.2) is 19.1 Å². The average molecular weight is 295 g/mol. The van der Waals surface area contributed by atoms with Gasteiger partial charge in [0.2, 0.25) is 5.91 Å². The number of carbonyl (C=O) groups excluding carboxylic acids is 1. The zero-order valence-electron chi connectivity index (χ0n) is 10.4. The minimum Gasteiger partial charge on any atom is -0.435 e. The van der Waals surface area contributed by atoms with Crippen molar-refractivity contribution in [3.8, 4) is 5.75 Å². The molecule has 1 atom stereocenters. The van der Waals surface area contributed by atoms with Gasteiger partial charge < -0.3 is 15.8 Å². The Morgan fingerprint density at radius 1 is 1.37 bits per heavy atom. The highest BCUT2D eigenvalue weighted by molar-refractivity contribution is 5.85. The molecule has 1 amide bonds. The number of rotatable bonds is 6. The molecule has 1 aromatic carbocycles. The van der Waals surface area contributed by atoms with Crippen molar-refractivity contribution in [2.24, 2.45) is 5.73 Å². The van der Waals surface area contributed by atoms with Crippen molar-refractivity contribution in [3.63, 3.8) is 0 Å². The van der Waals surface area contributed by atoms with Crippen LogP contribution < -0.4 is 15.8 Å². The summed E-state index contributed by atoms with van der Waals surface area (Å²) in [4.78, 5) is 11.3. The molecule has 0 aromatic heterocycles. The maximum atomic E-state index is 11.9. The Morgan fingerprint density at radius 3 is 2.42 bits per heavy atom. The molecule has 0 saturated heterocycles. The van der Waals surface area contributed by atoms with Crippen LogP contribution in [-0.2, 0) is 4.79 Å². The minimum atomic E-state index is -2.84. The van der Waals surface area contributed by atoms with Crippen molar-refractivity contribution in [1.29, 1.82) is 0 Å². The number of hydrogen-bond donors (Lipinski definition) is 2. The molecule has 0 bridgehead atoms. The van der Waals surface area contributed by atoms with Crippen LogP contribution in [0.25, 0.3) is 0 Å². The number of ether oxygens (including phenoxy) is 1. The predicted molar refractivity (Wildman–Crippen MR) is 70.6 cm³/mol. The second kappa shape index (κ2) is 8.66. The van der Waals surface area contributed by atoms with E-state index in [1.54, 1.807) is 19.1 Å². The first-order valence-corrected chi connectivity index (χ1v) is 5.57. The number of nitrogens with two attached hydrogens (primary N) is 1. The molecule has 7 heteroatoms. The van der Waals surface area contributed by atoms with Crippen LogP contribution in [0, 0.1) is 0 Å². The largest absolute Gasteiger partial charge is 0.435 e. The smallest absolute Gasteiger partial charge is 0.387 e. The summed E-state index contributed by atoms with van der Waals surface area (Å²) in [7, 11) is 0. The second-order valence-corrected chi connectivity index (χ2v) is 3.78. The summed E-state index contributed by atoms with van der Waals surface area (Å²) in [5.74, 6) is -0.0489. The standard InChI is InChI=1S/C12H16F2N2O2.ClH/c1-8(16-11(17)6-7-15)9-2-4-10(5-3-9)18-12(13)14;/h2-5,8,12H,6-7,15H2,1H3,(H,16,17);1H. The quantitative estimate of drug-likeness (QED) is 0.846. The van der Waals surface area contributed by atoms with Gasteiger partial charge in [0.1, 0.15) is 5.75 Å². The Hall–Kier alpha value is -1.40. The molecule has 0 fully saturated rings. The van der Waals surface area contributed by atoms with Crippen molar-refractivity contribution in [2.45, 2.75) is 26.0 Å². The van der Waals surface area contributed by atoms with E-state index in [2.05, 4.69) is 10.1 Å². The molecule has 1 aromatic rings. The molecule has 3 N–H and O–H groups in total. The Kier molecular flexibility index (Phi) is 8.02. The maximum Gasteiger partial charge on any atom is 0.387 e. The highest BCUT2D eigenvalue weighted by atomic mass is 35.5. The first-order valence-electron chi connectivity index (χ1n) is 5.57. The third kappa shape index (κ3) is 6.35. The lowest BCUT2D eigenvalue weighted by molar-refractivity contribution is -0.121. The van der Waals surface area contributed by atoms with Crippen LogP contribution >= 0.6 is 12.4 Å². The summed E-state index contributed by atoms with van der Waals surface area (Å²) in [5, 5.41) is 2.75. The molecule has 0 aliphatic heterocycles. The lowest BCUT2D eigenvalue weighted by Crippen LogP contribution is -2.28. The first-order chi connectivity index (χ1) is 8.52. The van der Waals surface area contributed by atoms with Gasteiger partial charge >= 0.3 is 6.61 Å². The van der Waals surface area contributed by atoms with Crippen molar-refractivity contribution in [3.05, 3.63) is 29.8 Å². The third-order valence-corrected chi connectivity index (χ3v) is 2.35. The second-order valence-electron chi connectivity index (χ2n) is 3.78. The van der Waals surface area contributed by atoms with E-state index >= 15 is 0 Å². The van der Waals surface area contributed by atoms with Gasteiger partial charge in [-0.3, -0.25) is 4.79 Å². The topological polar surface area (TPSA) is 64.4 Å². The van der Waals surface area contributed by atoms with Crippen molar-refractivity contribution in [2.75, 3.05) is 6.54 Å². The van der Waals surface area contributed by atoms with Crippen LogP contribution in [0.15, 0.2) is 24.3 Å². The monoisotopic (exact) mass is 294 g/mol. The average Bonchev–Trinajstić information content (AvgIpc) is 2.29. The van der Waals surface area contributed by atoms with Gasteiger partial charge in [-0.25, -0.2) is 0 Å². The van der Waals surface area contributed by atoms with Gasteiger partial charge in [0.05, 0.1) is 6.04 Å². The molecule has 108 valence electrons. The summed E-state index contributed by atoms with van der Waals surface area (Å²) < 4.78 is 28.1. The van der Waals surface area contributed by atoms with E-state index < -0.39 is 6.61 Å². The van der Waals surface area contributed by atoms with Crippen molar-refractivity contribution < 1.29 is 18.3 Å². The van der Waals surface area contributed by atoms with Crippen molar-refractivity contribution >= 4 is 18.3 Å². The molecule has 4 nitrogen and oxygen atoms in total. The van der Waals surface area contributed by atoms with Gasteiger partial charge in [-0.15, -0.1) is 12.4 Å². The SMILES string of the molecule is CC(NC(=O)CCN)c1ccc(OC(F)F)cc1.Cl. The van der Waals surface area contributed by atoms with Crippen LogP contribution in [0.4, 0.5) is 8.78 Å². The van der Waals surface area contributed by atoms with E-state index in [9.17, 15) is 13.6 Å². The molecule has 19 heavy (non-hydrogen) atoms. The van der Waals surface area contributed by atoms with E-state index in [1.807, 2.05) is 0 Å². The van der Waals surface area contributed by atoms with Gasteiger partial charge in [0.15, 0.2) is 0 Å². The molecule has 1 rings (SSSR count). The van der Waals surface area contributed by atoms with Gasteiger partial charge in [-0.1, -0.05) is 12.1 Å². The van der Waals surface area contributed by atoms with Gasteiger partial charge in [0.25, 0.3) is 0 Å². The molecular formula is C12H17ClF2N2O2. The Bertz CT molecular complexity index is 388. The third-order valence-electron chi connectivity index (χ3n) is 2.35. The molecule has 0 aliphatic carbocycles. The predicted octanol–water partition coefficient (Wildman–Crippen LogP) is 2.24. The molecular weight excluding hydrogens is 278 g/mol. The summed E-state index contributed by atoms with van der Waals surface area (Å²) in [5.41, 5.74) is 6.07. The van der Waals surface area contributed by atoms with Crippen molar-refractivity contribution in [1.82, 2.24) is 5.32 Å². The van der Waals surface area contributed by atoms with E-state index in [0.29, 0.717) is 6.54 Å². The van der Waals surface area contributed by atoms with E-state index in [1.165, 1.54) is 12.1 Å². The molecule has 0 spiro atoms. The molecule has 0 saturated carbocycles. The van der Waals surface area contributed by atoms with E-state index in [0.717, 1.165) is 5.56 Å². The van der Waals surface area contributed by atoms with Crippen LogP contribution in [0.3, 0.4) is 0 Å². The minimum absolute atomic E-state index is 0. The number of benzene rings is 1. The Balaban J connectivity index is 0.00000324. The lowest BCUT2D eigenvalue weighted by Gasteiger charge is -2.14. The van der Waals surface area contributed by atoms with Gasteiger partial charge in [-0.05, 0) is 24.6 Å². The molecule has 1 unspecified atom stereocenters. The maximum absolute atomic E-state index is 11.9. The molecule has 0 aliphatic rings. The fourth-order valence-corrected chi connectivity index (χ4v) is 1.47. The van der Waals surface area contributed by atoms with Crippen LogP contribution in [0.2, 0.25) is 0 Å². The number of amides is 1. The summed E-state index contributed by atoms with van der Waals surface area (Å²) in [6, 6.07) is 5.93. The van der Waals surface area contributed by atoms with Gasteiger partial charge in [-0.2, -0.15) is 8.78 Å². The Labute approximate surface area is 116 Å². The summed E-state index contributed by atoms with van der Waals surface area (Å²) in [6.07, 6.45) is 0.261. The number of nitrogens with one attached hydrogen (secondary N) is 1. The number of carbonyl (C=O) groups is 1. The van der Waals surface area contributed by atoms with Crippen LogP contribution in [0.1, 0.15) is 24.9 Å². The van der Waals surface area contributed by atoms with E-state index in [4.69, 9.17) is 5.73 Å². The summed E-state index contributed by atoms with van der Waals surface area (Å²) >= 11 is 0. The zero-order chi connectivity index (χ0) is 13.5. The highest BCUT2D eigenvalue weighted by Gasteiger charge is 2.10. The fraction of sp³-hybridized carbons (Fsp3) is 0.417. The fourth-order valence-electron chi connectivity index (χ4n) is 1.47. The molecule has 0 heterocycles. The molecule has 0 radical (unpaired) electrons. The zero-order valence-corrected chi connectivity index (χ0v) is 11.3. The summed E-state index contributed by atoms with van der Waals surface area (Å²) in [6.45, 7) is -0.741. The number of alkyl halides is 2. The van der Waals surface area contributed by atoms with Crippen LogP contribution in [0.5, 0.6) is 5.75 Å². The normalized spacial score (nSPS) is 11.6.